The lowest BCUT2D eigenvalue weighted by Gasteiger charge is -2.22. The summed E-state index contributed by atoms with van der Waals surface area (Å²) in [5.41, 5.74) is -0.312. The molecule has 1 aliphatic heterocycles. The van der Waals surface area contributed by atoms with Crippen LogP contribution in [0.2, 0.25) is 0 Å². The molecule has 146 valence electrons. The smallest absolute Gasteiger partial charge is 0.286 e. The van der Waals surface area contributed by atoms with Gasteiger partial charge in [0.15, 0.2) is 11.5 Å². The van der Waals surface area contributed by atoms with Crippen molar-refractivity contribution in [2.24, 2.45) is 5.92 Å². The van der Waals surface area contributed by atoms with Gasteiger partial charge in [-0.2, -0.15) is 0 Å². The molecular weight excluding hydrogens is 362 g/mol. The lowest BCUT2D eigenvalue weighted by Crippen LogP contribution is -2.33. The molecule has 1 saturated heterocycles. The highest BCUT2D eigenvalue weighted by Gasteiger charge is 2.24. The Kier molecular flexibility index (Phi) is 9.15. The number of carbonyl (C=O) groups is 1. The van der Waals surface area contributed by atoms with Gasteiger partial charge >= 0.3 is 0 Å². The number of carbonyl (C=O) groups excluding carboxylic acids is 1. The van der Waals surface area contributed by atoms with E-state index >= 15 is 0 Å². The number of ether oxygens (including phenoxy) is 2. The molecule has 26 heavy (non-hydrogen) atoms. The Morgan fingerprint density at radius 1 is 1.42 bits per heavy atom. The summed E-state index contributed by atoms with van der Waals surface area (Å²) in [4.78, 5) is 23.2. The first-order chi connectivity index (χ1) is 12.1. The number of nitro groups is 1. The summed E-state index contributed by atoms with van der Waals surface area (Å²) in [5.74, 6) is 0.605. The molecule has 1 amide bonds. The van der Waals surface area contributed by atoms with Crippen molar-refractivity contribution in [3.63, 3.8) is 0 Å². The van der Waals surface area contributed by atoms with E-state index in [2.05, 4.69) is 10.6 Å². The number of nitro benzene ring substituents is 1. The summed E-state index contributed by atoms with van der Waals surface area (Å²) in [7, 11) is 1.40. The topological polar surface area (TPSA) is 103 Å². The average molecular weight is 388 g/mol. The fraction of sp³-hybridized carbons (Fsp3) is 0.588. The van der Waals surface area contributed by atoms with E-state index in [9.17, 15) is 14.9 Å². The van der Waals surface area contributed by atoms with Crippen LogP contribution >= 0.6 is 12.4 Å². The number of hydrogen-bond acceptors (Lipinski definition) is 6. The van der Waals surface area contributed by atoms with Gasteiger partial charge in [0.25, 0.3) is 11.6 Å². The Labute approximate surface area is 159 Å². The molecule has 1 aromatic rings. The normalized spacial score (nSPS) is 16.3. The lowest BCUT2D eigenvalue weighted by atomic mass is 9.96. The second-order valence-corrected chi connectivity index (χ2v) is 5.97. The van der Waals surface area contributed by atoms with Gasteiger partial charge in [0, 0.05) is 12.6 Å². The summed E-state index contributed by atoms with van der Waals surface area (Å²) in [6.45, 7) is 4.63. The predicted octanol–water partition coefficient (Wildman–Crippen LogP) is 2.54. The molecular formula is C17H26ClN3O5. The first-order valence-corrected chi connectivity index (χ1v) is 8.55. The van der Waals surface area contributed by atoms with E-state index in [1.54, 1.807) is 6.92 Å². The third-order valence-electron chi connectivity index (χ3n) is 4.26. The first-order valence-electron chi connectivity index (χ1n) is 8.55. The average Bonchev–Trinajstić information content (AvgIpc) is 2.62. The summed E-state index contributed by atoms with van der Waals surface area (Å²) in [6.07, 6.45) is 3.13. The zero-order valence-electron chi connectivity index (χ0n) is 15.1. The van der Waals surface area contributed by atoms with Crippen molar-refractivity contribution in [3.8, 4) is 11.5 Å². The number of hydrogen-bond donors (Lipinski definition) is 2. The highest BCUT2D eigenvalue weighted by molar-refractivity contribution is 5.99. The number of piperidine rings is 1. The van der Waals surface area contributed by atoms with Crippen LogP contribution in [0.15, 0.2) is 12.1 Å². The van der Waals surface area contributed by atoms with Gasteiger partial charge in [-0.05, 0) is 45.2 Å². The minimum atomic E-state index is -0.585. The third-order valence-corrected chi connectivity index (χ3v) is 4.26. The standard InChI is InChI=1S/C17H25N3O5.ClH/c1-3-25-16-9-13(14(20(22)23)10-15(16)24-2)17(21)19-8-6-12-5-4-7-18-11-12;/h9-10,12,18H,3-8,11H2,1-2H3,(H,19,21);1H. The van der Waals surface area contributed by atoms with Crippen molar-refractivity contribution in [1.82, 2.24) is 10.6 Å². The molecule has 8 nitrogen and oxygen atoms in total. The minimum absolute atomic E-state index is 0. The van der Waals surface area contributed by atoms with Crippen LogP contribution in [0, 0.1) is 16.0 Å². The zero-order valence-corrected chi connectivity index (χ0v) is 15.9. The van der Waals surface area contributed by atoms with Crippen molar-refractivity contribution in [2.45, 2.75) is 26.2 Å². The molecule has 1 heterocycles. The van der Waals surface area contributed by atoms with Crippen LogP contribution in [0.3, 0.4) is 0 Å². The van der Waals surface area contributed by atoms with Gasteiger partial charge in [-0.3, -0.25) is 14.9 Å². The van der Waals surface area contributed by atoms with Crippen molar-refractivity contribution in [2.75, 3.05) is 33.4 Å². The molecule has 1 aliphatic rings. The minimum Gasteiger partial charge on any atom is -0.493 e. The monoisotopic (exact) mass is 387 g/mol. The lowest BCUT2D eigenvalue weighted by molar-refractivity contribution is -0.385. The van der Waals surface area contributed by atoms with Gasteiger partial charge in [0.2, 0.25) is 0 Å². The molecule has 0 bridgehead atoms. The molecule has 2 N–H and O–H groups in total. The van der Waals surface area contributed by atoms with Gasteiger partial charge in [-0.25, -0.2) is 0 Å². The second kappa shape index (κ2) is 10.8. The fourth-order valence-electron chi connectivity index (χ4n) is 2.97. The maximum Gasteiger partial charge on any atom is 0.286 e. The number of rotatable bonds is 8. The molecule has 1 atom stereocenters. The van der Waals surface area contributed by atoms with Crippen molar-refractivity contribution >= 4 is 24.0 Å². The Bertz CT molecular complexity index is 621. The SMILES string of the molecule is CCOc1cc(C(=O)NCCC2CCCNC2)c([N+](=O)[O-])cc1OC.Cl. The Morgan fingerprint density at radius 2 is 2.19 bits per heavy atom. The molecule has 0 radical (unpaired) electrons. The van der Waals surface area contributed by atoms with Crippen LogP contribution in [0.5, 0.6) is 11.5 Å². The van der Waals surface area contributed by atoms with E-state index in [0.29, 0.717) is 24.8 Å². The van der Waals surface area contributed by atoms with Crippen LogP contribution in [0.4, 0.5) is 5.69 Å². The third kappa shape index (κ3) is 5.74. The van der Waals surface area contributed by atoms with Gasteiger partial charge in [0.05, 0.1) is 24.7 Å². The highest BCUT2D eigenvalue weighted by atomic mass is 35.5. The van der Waals surface area contributed by atoms with Crippen molar-refractivity contribution in [1.29, 1.82) is 0 Å². The van der Waals surface area contributed by atoms with Crippen LogP contribution in [-0.4, -0.2) is 44.2 Å². The van der Waals surface area contributed by atoms with Gasteiger partial charge in [-0.1, -0.05) is 0 Å². The second-order valence-electron chi connectivity index (χ2n) is 5.97. The first kappa shape index (κ1) is 22.0. The van der Waals surface area contributed by atoms with E-state index in [1.165, 1.54) is 19.2 Å². The van der Waals surface area contributed by atoms with E-state index in [4.69, 9.17) is 9.47 Å². The number of methoxy groups -OCH3 is 1. The summed E-state index contributed by atoms with van der Waals surface area (Å²) < 4.78 is 10.5. The van der Waals surface area contributed by atoms with Crippen LogP contribution in [-0.2, 0) is 0 Å². The van der Waals surface area contributed by atoms with E-state index in [1.807, 2.05) is 0 Å². The predicted molar refractivity (Wildman–Crippen MR) is 101 cm³/mol. The quantitative estimate of drug-likeness (QED) is 0.525. The largest absolute Gasteiger partial charge is 0.493 e. The fourth-order valence-corrected chi connectivity index (χ4v) is 2.97. The number of halogens is 1. The zero-order chi connectivity index (χ0) is 18.2. The van der Waals surface area contributed by atoms with Crippen LogP contribution in [0.25, 0.3) is 0 Å². The van der Waals surface area contributed by atoms with E-state index in [0.717, 1.165) is 32.4 Å². The Hall–Kier alpha value is -2.06. The van der Waals surface area contributed by atoms with Crippen LogP contribution in [0.1, 0.15) is 36.5 Å². The number of nitrogens with zero attached hydrogens (tertiary/aromatic N) is 1. The van der Waals surface area contributed by atoms with Crippen molar-refractivity contribution < 1.29 is 19.2 Å². The summed E-state index contributed by atoms with van der Waals surface area (Å²) in [6, 6.07) is 2.60. The van der Waals surface area contributed by atoms with Crippen molar-refractivity contribution in [3.05, 3.63) is 27.8 Å². The summed E-state index contributed by atoms with van der Waals surface area (Å²) in [5, 5.41) is 17.4. The van der Waals surface area contributed by atoms with Crippen LogP contribution < -0.4 is 20.1 Å². The Morgan fingerprint density at radius 3 is 2.77 bits per heavy atom. The maximum atomic E-state index is 12.4. The molecule has 1 fully saturated rings. The van der Waals surface area contributed by atoms with E-state index in [-0.39, 0.29) is 29.4 Å². The molecule has 0 spiro atoms. The number of nitrogens with one attached hydrogen (secondary N) is 2. The number of amides is 1. The molecule has 2 rings (SSSR count). The Balaban J connectivity index is 0.00000338. The van der Waals surface area contributed by atoms with Gasteiger partial charge < -0.3 is 20.1 Å². The summed E-state index contributed by atoms with van der Waals surface area (Å²) >= 11 is 0. The maximum absolute atomic E-state index is 12.4. The molecule has 9 heteroatoms. The molecule has 0 aromatic heterocycles. The van der Waals surface area contributed by atoms with E-state index < -0.39 is 10.8 Å². The molecule has 1 unspecified atom stereocenters. The van der Waals surface area contributed by atoms with Gasteiger partial charge in [-0.15, -0.1) is 12.4 Å². The molecule has 0 aliphatic carbocycles. The number of benzene rings is 1. The molecule has 1 aromatic carbocycles. The highest BCUT2D eigenvalue weighted by Crippen LogP contribution is 2.34. The molecule has 0 saturated carbocycles. The van der Waals surface area contributed by atoms with Gasteiger partial charge in [0.1, 0.15) is 5.56 Å².